The molecule has 0 unspecified atom stereocenters. The van der Waals surface area contributed by atoms with Gasteiger partial charge in [-0.1, -0.05) is 48.6 Å². The van der Waals surface area contributed by atoms with Crippen molar-refractivity contribution in [3.63, 3.8) is 0 Å². The molecule has 0 radical (unpaired) electrons. The molecule has 5 rings (SSSR count). The fourth-order valence-corrected chi connectivity index (χ4v) is 4.57. The largest absolute Gasteiger partial charge is 0.456 e. The first kappa shape index (κ1) is 21.0. The fourth-order valence-electron chi connectivity index (χ4n) is 3.71. The van der Waals surface area contributed by atoms with Crippen LogP contribution in [-0.2, 0) is 28.9 Å². The van der Waals surface area contributed by atoms with E-state index in [1.807, 2.05) is 37.3 Å². The van der Waals surface area contributed by atoms with Crippen LogP contribution in [-0.4, -0.2) is 26.5 Å². The Hall–Kier alpha value is -3.85. The second kappa shape index (κ2) is 8.59. The lowest BCUT2D eigenvalue weighted by atomic mass is 9.93. The van der Waals surface area contributed by atoms with Gasteiger partial charge in [-0.3, -0.25) is 4.79 Å². The van der Waals surface area contributed by atoms with E-state index in [0.29, 0.717) is 34.6 Å². The average molecular weight is 461 g/mol. The Labute approximate surface area is 192 Å². The summed E-state index contributed by atoms with van der Waals surface area (Å²) in [6, 6.07) is 15.6. The van der Waals surface area contributed by atoms with E-state index in [4.69, 9.17) is 9.47 Å². The first-order valence-corrected chi connectivity index (χ1v) is 11.3. The van der Waals surface area contributed by atoms with E-state index in [1.54, 1.807) is 12.1 Å². The monoisotopic (exact) mass is 461 g/mol. The minimum Gasteiger partial charge on any atom is -0.456 e. The van der Waals surface area contributed by atoms with Crippen molar-refractivity contribution in [3.05, 3.63) is 97.9 Å². The van der Waals surface area contributed by atoms with Gasteiger partial charge in [0.2, 0.25) is 4.96 Å². The third-order valence-corrected chi connectivity index (χ3v) is 6.43. The molecule has 0 amide bonds. The summed E-state index contributed by atoms with van der Waals surface area (Å²) in [5.41, 5.74) is 2.41. The normalized spacial score (nSPS) is 15.2. The van der Waals surface area contributed by atoms with Gasteiger partial charge in [-0.25, -0.2) is 14.6 Å². The Morgan fingerprint density at radius 2 is 2.00 bits per heavy atom. The Morgan fingerprint density at radius 3 is 2.79 bits per heavy atom. The number of aromatic nitrogens is 3. The maximum Gasteiger partial charge on any atom is 0.339 e. The van der Waals surface area contributed by atoms with Crippen molar-refractivity contribution in [2.24, 2.45) is 0 Å². The van der Waals surface area contributed by atoms with Crippen LogP contribution in [0.15, 0.2) is 59.4 Å². The summed E-state index contributed by atoms with van der Waals surface area (Å²) in [5.74, 6) is -0.979. The van der Waals surface area contributed by atoms with Gasteiger partial charge in [0.1, 0.15) is 17.7 Å². The van der Waals surface area contributed by atoms with Crippen LogP contribution in [0.5, 0.6) is 0 Å². The van der Waals surface area contributed by atoms with Gasteiger partial charge in [0.05, 0.1) is 16.8 Å². The lowest BCUT2D eigenvalue weighted by Crippen LogP contribution is -2.22. The maximum atomic E-state index is 12.7. The molecule has 4 aromatic rings. The number of carbonyl (C=O) groups excluding carboxylic acids is 2. The minimum absolute atomic E-state index is 0.143. The molecule has 2 aromatic carbocycles. The van der Waals surface area contributed by atoms with Gasteiger partial charge in [-0.05, 0) is 35.7 Å². The van der Waals surface area contributed by atoms with Gasteiger partial charge in [-0.15, -0.1) is 0 Å². The van der Waals surface area contributed by atoms with Gasteiger partial charge < -0.3 is 9.47 Å². The molecule has 0 N–H and O–H groups in total. The zero-order valence-corrected chi connectivity index (χ0v) is 18.5. The van der Waals surface area contributed by atoms with Crippen molar-refractivity contribution in [1.29, 1.82) is 0 Å². The molecule has 0 saturated carbocycles. The Morgan fingerprint density at radius 1 is 1.18 bits per heavy atom. The van der Waals surface area contributed by atoms with Crippen molar-refractivity contribution >= 4 is 28.2 Å². The molecule has 9 heteroatoms. The van der Waals surface area contributed by atoms with Crippen LogP contribution in [0.3, 0.4) is 0 Å². The standard InChI is InChI=1S/C24H19N3O5S/c1-2-20-26-27-21(28)12-17(25-24(27)33-20)13-31-22(29)15-8-9-18-16(10-15)11-19(32-23(18)30)14-6-4-3-5-7-14/h3-10,12,19H,2,11,13H2,1H3/t19-/m1/s1. The zero-order valence-electron chi connectivity index (χ0n) is 17.7. The molecule has 1 aliphatic rings. The van der Waals surface area contributed by atoms with E-state index in [-0.39, 0.29) is 12.2 Å². The van der Waals surface area contributed by atoms with Crippen LogP contribution in [0, 0.1) is 0 Å². The Bertz CT molecular complexity index is 1430. The number of carbonyl (C=O) groups is 2. The van der Waals surface area contributed by atoms with Crippen molar-refractivity contribution in [1.82, 2.24) is 14.6 Å². The Balaban J connectivity index is 1.33. The van der Waals surface area contributed by atoms with Crippen molar-refractivity contribution in [2.75, 3.05) is 0 Å². The summed E-state index contributed by atoms with van der Waals surface area (Å²) in [6.45, 7) is 1.81. The summed E-state index contributed by atoms with van der Waals surface area (Å²) in [5, 5.41) is 5.01. The molecular weight excluding hydrogens is 442 g/mol. The molecule has 1 atom stereocenters. The molecule has 0 spiro atoms. The number of cyclic esters (lactones) is 1. The van der Waals surface area contributed by atoms with Crippen molar-refractivity contribution in [3.8, 4) is 0 Å². The molecule has 1 aliphatic heterocycles. The molecule has 166 valence electrons. The maximum absolute atomic E-state index is 12.7. The molecule has 3 heterocycles. The summed E-state index contributed by atoms with van der Waals surface area (Å²) in [6.07, 6.45) is 0.759. The second-order valence-corrected chi connectivity index (χ2v) is 8.63. The van der Waals surface area contributed by atoms with Gasteiger partial charge in [0.25, 0.3) is 5.56 Å². The lowest BCUT2D eigenvalue weighted by Gasteiger charge is -2.25. The molecule has 33 heavy (non-hydrogen) atoms. The van der Waals surface area contributed by atoms with Crippen LogP contribution in [0.25, 0.3) is 4.96 Å². The molecule has 0 aliphatic carbocycles. The fraction of sp³-hybridized carbons (Fsp3) is 0.208. The smallest absolute Gasteiger partial charge is 0.339 e. The quantitative estimate of drug-likeness (QED) is 0.419. The third-order valence-electron chi connectivity index (χ3n) is 5.38. The SMILES string of the molecule is CCc1nn2c(=O)cc(COC(=O)c3ccc4c(c3)C[C@H](c3ccccc3)OC4=O)nc2s1. The number of aryl methyl sites for hydroxylation is 1. The molecule has 0 bridgehead atoms. The van der Waals surface area contributed by atoms with E-state index in [0.717, 1.165) is 16.1 Å². The highest BCUT2D eigenvalue weighted by molar-refractivity contribution is 7.16. The van der Waals surface area contributed by atoms with E-state index >= 15 is 0 Å². The average Bonchev–Trinajstić information content (AvgIpc) is 3.27. The molecule has 2 aromatic heterocycles. The number of hydrogen-bond donors (Lipinski definition) is 0. The third kappa shape index (κ3) is 4.14. The molecule has 0 saturated heterocycles. The van der Waals surface area contributed by atoms with Gasteiger partial charge in [0, 0.05) is 12.5 Å². The van der Waals surface area contributed by atoms with E-state index in [2.05, 4.69) is 10.1 Å². The van der Waals surface area contributed by atoms with Crippen LogP contribution >= 0.6 is 11.3 Å². The zero-order chi connectivity index (χ0) is 22.9. The molecule has 0 fully saturated rings. The Kier molecular flexibility index (Phi) is 5.47. The summed E-state index contributed by atoms with van der Waals surface area (Å²) < 4.78 is 12.2. The lowest BCUT2D eigenvalue weighted by molar-refractivity contribution is 0.0251. The van der Waals surface area contributed by atoms with Crippen LogP contribution in [0.4, 0.5) is 0 Å². The number of esters is 2. The van der Waals surface area contributed by atoms with E-state index in [9.17, 15) is 14.4 Å². The number of ether oxygens (including phenoxy) is 2. The van der Waals surface area contributed by atoms with Crippen LogP contribution < -0.4 is 5.56 Å². The molecular formula is C24H19N3O5S. The molecule has 8 nitrogen and oxygen atoms in total. The highest BCUT2D eigenvalue weighted by Crippen LogP contribution is 2.31. The second-order valence-electron chi connectivity index (χ2n) is 7.59. The van der Waals surface area contributed by atoms with Crippen molar-refractivity contribution in [2.45, 2.75) is 32.5 Å². The predicted octanol–water partition coefficient (Wildman–Crippen LogP) is 3.52. The van der Waals surface area contributed by atoms with Gasteiger partial charge >= 0.3 is 11.9 Å². The number of benzene rings is 2. The van der Waals surface area contributed by atoms with E-state index < -0.39 is 18.0 Å². The van der Waals surface area contributed by atoms with Gasteiger partial charge in [0.15, 0.2) is 0 Å². The van der Waals surface area contributed by atoms with Crippen molar-refractivity contribution < 1.29 is 19.1 Å². The topological polar surface area (TPSA) is 99.9 Å². The van der Waals surface area contributed by atoms with Crippen LogP contribution in [0.2, 0.25) is 0 Å². The minimum atomic E-state index is -0.562. The van der Waals surface area contributed by atoms with Gasteiger partial charge in [-0.2, -0.15) is 9.61 Å². The number of hydrogen-bond acceptors (Lipinski definition) is 8. The first-order valence-electron chi connectivity index (χ1n) is 10.5. The summed E-state index contributed by atoms with van der Waals surface area (Å²) in [4.78, 5) is 42.2. The number of nitrogens with zero attached hydrogens (tertiary/aromatic N) is 3. The first-order chi connectivity index (χ1) is 16.0. The summed E-state index contributed by atoms with van der Waals surface area (Å²) in [7, 11) is 0. The number of fused-ring (bicyclic) bond motifs is 2. The predicted molar refractivity (Wildman–Crippen MR) is 120 cm³/mol. The van der Waals surface area contributed by atoms with Crippen LogP contribution in [0.1, 0.15) is 55.6 Å². The number of rotatable bonds is 5. The summed E-state index contributed by atoms with van der Waals surface area (Å²) >= 11 is 1.33. The highest BCUT2D eigenvalue weighted by Gasteiger charge is 2.28. The van der Waals surface area contributed by atoms with E-state index in [1.165, 1.54) is 28.0 Å². The highest BCUT2D eigenvalue weighted by atomic mass is 32.1.